The Balaban J connectivity index is 1.55. The van der Waals surface area contributed by atoms with Crippen LogP contribution in [0.1, 0.15) is 19.4 Å². The number of ether oxygens (including phenoxy) is 1. The Bertz CT molecular complexity index is 1370. The fourth-order valence-electron chi connectivity index (χ4n) is 3.20. The summed E-state index contributed by atoms with van der Waals surface area (Å²) in [4.78, 5) is 16.4. The van der Waals surface area contributed by atoms with E-state index in [0.29, 0.717) is 33.8 Å². The van der Waals surface area contributed by atoms with E-state index < -0.39 is 0 Å². The minimum Gasteiger partial charge on any atom is -0.482 e. The van der Waals surface area contributed by atoms with Gasteiger partial charge in [0.2, 0.25) is 5.95 Å². The van der Waals surface area contributed by atoms with Crippen LogP contribution < -0.4 is 15.4 Å². The molecule has 0 fully saturated rings. The van der Waals surface area contributed by atoms with Gasteiger partial charge in [-0.1, -0.05) is 11.6 Å². The summed E-state index contributed by atoms with van der Waals surface area (Å²) in [7, 11) is 1.75. The lowest BCUT2D eigenvalue weighted by Gasteiger charge is -2.11. The molecule has 2 heterocycles. The second kappa shape index (κ2) is 9.18. The second-order valence-corrected chi connectivity index (χ2v) is 7.98. The molecule has 0 saturated carbocycles. The van der Waals surface area contributed by atoms with Crippen molar-refractivity contribution >= 4 is 40.0 Å². The molecule has 0 aliphatic heterocycles. The number of hydrogen-bond donors (Lipinski definition) is 3. The zero-order valence-corrected chi connectivity index (χ0v) is 18.9. The lowest BCUT2D eigenvalue weighted by Crippen LogP contribution is -2.34. The van der Waals surface area contributed by atoms with E-state index in [0.717, 1.165) is 10.9 Å². The summed E-state index contributed by atoms with van der Waals surface area (Å²) in [5.74, 6) is 0.946. The van der Waals surface area contributed by atoms with Crippen LogP contribution in [0.2, 0.25) is 5.02 Å². The quantitative estimate of drug-likeness (QED) is 0.381. The first-order valence-corrected chi connectivity index (χ1v) is 10.5. The molecule has 3 N–H and O–H groups in total. The molecule has 0 atom stereocenters. The summed E-state index contributed by atoms with van der Waals surface area (Å²) >= 11 is 6.49. The van der Waals surface area contributed by atoms with Gasteiger partial charge in [0.1, 0.15) is 11.8 Å². The van der Waals surface area contributed by atoms with Crippen LogP contribution in [-0.2, 0) is 11.8 Å². The average molecular weight is 465 g/mol. The Labute approximate surface area is 194 Å². The number of amides is 1. The van der Waals surface area contributed by atoms with Crippen molar-refractivity contribution in [3.8, 4) is 23.2 Å². The van der Waals surface area contributed by atoms with Crippen LogP contribution in [0, 0.1) is 11.3 Å². The van der Waals surface area contributed by atoms with Crippen LogP contribution in [0.3, 0.4) is 0 Å². The van der Waals surface area contributed by atoms with E-state index in [9.17, 15) is 10.1 Å². The standard InChI is InChI=1S/C22H21ClN8O2/c1-12(2)26-19(32)11-33-18-7-4-13(8-14(18)9-24)21-28-22(31(3)30-21)27-17-6-5-16-15(20(17)23)10-25-29-16/h4-8,10,12H,11H2,1-3H3,(H,25,29)(H,26,32)(H,27,28,30). The first-order valence-electron chi connectivity index (χ1n) is 10.1. The molecule has 0 bridgehead atoms. The van der Waals surface area contributed by atoms with Crippen molar-refractivity contribution in [3.63, 3.8) is 0 Å². The number of nitrogens with one attached hydrogen (secondary N) is 3. The van der Waals surface area contributed by atoms with E-state index in [1.807, 2.05) is 26.0 Å². The molecule has 168 valence electrons. The van der Waals surface area contributed by atoms with Crippen molar-refractivity contribution in [2.45, 2.75) is 19.9 Å². The number of nitriles is 1. The van der Waals surface area contributed by atoms with Crippen molar-refractivity contribution in [1.82, 2.24) is 30.3 Å². The molecule has 0 radical (unpaired) electrons. The van der Waals surface area contributed by atoms with E-state index in [1.165, 1.54) is 0 Å². The van der Waals surface area contributed by atoms with Gasteiger partial charge < -0.3 is 15.4 Å². The van der Waals surface area contributed by atoms with Crippen molar-refractivity contribution in [3.05, 3.63) is 47.1 Å². The maximum absolute atomic E-state index is 11.8. The maximum Gasteiger partial charge on any atom is 0.258 e. The number of rotatable bonds is 7. The molecule has 4 aromatic rings. The normalized spacial score (nSPS) is 10.9. The Morgan fingerprint density at radius 3 is 2.91 bits per heavy atom. The molecular weight excluding hydrogens is 444 g/mol. The molecule has 4 rings (SSSR count). The van der Waals surface area contributed by atoms with Crippen molar-refractivity contribution in [1.29, 1.82) is 5.26 Å². The van der Waals surface area contributed by atoms with Gasteiger partial charge >= 0.3 is 0 Å². The van der Waals surface area contributed by atoms with E-state index in [2.05, 4.69) is 37.0 Å². The molecule has 0 saturated heterocycles. The molecule has 33 heavy (non-hydrogen) atoms. The zero-order chi connectivity index (χ0) is 23.5. The summed E-state index contributed by atoms with van der Waals surface area (Å²) in [5.41, 5.74) is 2.40. The first-order chi connectivity index (χ1) is 15.9. The second-order valence-electron chi connectivity index (χ2n) is 7.60. The smallest absolute Gasteiger partial charge is 0.258 e. The largest absolute Gasteiger partial charge is 0.482 e. The Kier molecular flexibility index (Phi) is 6.15. The third-order valence-corrected chi connectivity index (χ3v) is 5.14. The van der Waals surface area contributed by atoms with Crippen molar-refractivity contribution < 1.29 is 9.53 Å². The number of aromatic amines is 1. The van der Waals surface area contributed by atoms with Crippen LogP contribution in [0.25, 0.3) is 22.3 Å². The summed E-state index contributed by atoms with van der Waals surface area (Å²) < 4.78 is 7.10. The fraction of sp³-hybridized carbons (Fsp3) is 0.227. The Morgan fingerprint density at radius 2 is 2.15 bits per heavy atom. The third kappa shape index (κ3) is 4.73. The van der Waals surface area contributed by atoms with Gasteiger partial charge in [0.15, 0.2) is 12.4 Å². The molecule has 2 aromatic carbocycles. The van der Waals surface area contributed by atoms with E-state index in [4.69, 9.17) is 16.3 Å². The summed E-state index contributed by atoms with van der Waals surface area (Å²) in [6.45, 7) is 3.55. The fourth-order valence-corrected chi connectivity index (χ4v) is 3.47. The number of aromatic nitrogens is 5. The third-order valence-electron chi connectivity index (χ3n) is 4.73. The predicted molar refractivity (Wildman–Crippen MR) is 124 cm³/mol. The summed E-state index contributed by atoms with van der Waals surface area (Å²) in [6.07, 6.45) is 1.66. The predicted octanol–water partition coefficient (Wildman–Crippen LogP) is 3.53. The van der Waals surface area contributed by atoms with Gasteiger partial charge in [-0.05, 0) is 44.2 Å². The lowest BCUT2D eigenvalue weighted by atomic mass is 10.1. The molecule has 0 aliphatic rings. The highest BCUT2D eigenvalue weighted by molar-refractivity contribution is 6.38. The molecule has 0 aliphatic carbocycles. The zero-order valence-electron chi connectivity index (χ0n) is 18.2. The van der Waals surface area contributed by atoms with Gasteiger partial charge in [0.25, 0.3) is 5.91 Å². The monoisotopic (exact) mass is 464 g/mol. The van der Waals surface area contributed by atoms with Gasteiger partial charge in [-0.2, -0.15) is 15.3 Å². The number of carbonyl (C=O) groups excluding carboxylic acids is 1. The average Bonchev–Trinajstić information content (AvgIpc) is 3.41. The molecule has 0 spiro atoms. The van der Waals surface area contributed by atoms with Crippen molar-refractivity contribution in [2.24, 2.45) is 7.05 Å². The molecule has 2 aromatic heterocycles. The highest BCUT2D eigenvalue weighted by Gasteiger charge is 2.15. The first kappa shape index (κ1) is 22.1. The van der Waals surface area contributed by atoms with Gasteiger partial charge in [0, 0.05) is 24.0 Å². The number of halogens is 1. The molecule has 1 amide bonds. The lowest BCUT2D eigenvalue weighted by molar-refractivity contribution is -0.123. The van der Waals surface area contributed by atoms with Crippen LogP contribution in [0.4, 0.5) is 11.6 Å². The Morgan fingerprint density at radius 1 is 1.33 bits per heavy atom. The van der Waals surface area contributed by atoms with Crippen LogP contribution in [0.5, 0.6) is 5.75 Å². The van der Waals surface area contributed by atoms with Crippen LogP contribution in [0.15, 0.2) is 36.5 Å². The number of H-pyrrole nitrogens is 1. The molecular formula is C22H21ClN8O2. The number of nitrogens with zero attached hydrogens (tertiary/aromatic N) is 5. The van der Waals surface area contributed by atoms with Gasteiger partial charge in [-0.3, -0.25) is 9.89 Å². The Hall–Kier alpha value is -4.10. The number of fused-ring (bicyclic) bond motifs is 1. The molecule has 11 heteroatoms. The van der Waals surface area contributed by atoms with Crippen LogP contribution in [-0.4, -0.2) is 43.5 Å². The SMILES string of the molecule is CC(C)NC(=O)COc1ccc(-c2nc(Nc3ccc4[nH]ncc4c3Cl)n(C)n2)cc1C#N. The van der Waals surface area contributed by atoms with Crippen LogP contribution >= 0.6 is 11.6 Å². The topological polar surface area (TPSA) is 134 Å². The highest BCUT2D eigenvalue weighted by Crippen LogP contribution is 2.32. The van der Waals surface area contributed by atoms with Crippen molar-refractivity contribution in [2.75, 3.05) is 11.9 Å². The minimum absolute atomic E-state index is 0.00781. The van der Waals surface area contributed by atoms with Gasteiger partial charge in [-0.25, -0.2) is 4.68 Å². The van der Waals surface area contributed by atoms with Gasteiger partial charge in [0.05, 0.1) is 28.0 Å². The highest BCUT2D eigenvalue weighted by atomic mass is 35.5. The summed E-state index contributed by atoms with van der Waals surface area (Å²) in [5, 5.41) is 28.1. The molecule has 0 unspecified atom stereocenters. The summed E-state index contributed by atoms with van der Waals surface area (Å²) in [6, 6.07) is 10.8. The van der Waals surface area contributed by atoms with E-state index in [-0.39, 0.29) is 24.1 Å². The number of carbonyl (C=O) groups is 1. The number of anilines is 2. The van der Waals surface area contributed by atoms with E-state index in [1.54, 1.807) is 36.1 Å². The maximum atomic E-state index is 11.8. The molecule has 10 nitrogen and oxygen atoms in total. The van der Waals surface area contributed by atoms with E-state index >= 15 is 0 Å². The number of benzene rings is 2. The minimum atomic E-state index is -0.257. The van der Waals surface area contributed by atoms with Gasteiger partial charge in [-0.15, -0.1) is 5.10 Å². The number of hydrogen-bond acceptors (Lipinski definition) is 7. The number of aryl methyl sites for hydroxylation is 1.